The number of aryl methyl sites for hydroxylation is 1. The number of hydrogen-bond donors (Lipinski definition) is 1. The second kappa shape index (κ2) is 5.87. The van der Waals surface area contributed by atoms with Crippen LogP contribution in [0.3, 0.4) is 0 Å². The zero-order valence-electron chi connectivity index (χ0n) is 11.9. The summed E-state index contributed by atoms with van der Waals surface area (Å²) in [6.07, 6.45) is -0.0467. The van der Waals surface area contributed by atoms with Gasteiger partial charge in [-0.3, -0.25) is 9.59 Å². The van der Waals surface area contributed by atoms with Gasteiger partial charge in [0.05, 0.1) is 6.42 Å². The Morgan fingerprint density at radius 3 is 2.26 bits per heavy atom. The van der Waals surface area contributed by atoms with Crippen LogP contribution in [0.15, 0.2) is 24.3 Å². The standard InChI is InChI=1S/C15H21NO3/c1-11-7-5-6-8-12(11)14(19)16(15(2,3)4)10-9-13(17)18/h5-8H,9-10H2,1-4H3,(H,17,18). The van der Waals surface area contributed by atoms with Crippen molar-refractivity contribution in [2.45, 2.75) is 39.7 Å². The molecule has 0 fully saturated rings. The monoisotopic (exact) mass is 263 g/mol. The summed E-state index contributed by atoms with van der Waals surface area (Å²) >= 11 is 0. The van der Waals surface area contributed by atoms with Crippen molar-refractivity contribution in [3.63, 3.8) is 0 Å². The highest BCUT2D eigenvalue weighted by Crippen LogP contribution is 2.19. The molecule has 0 bridgehead atoms. The molecule has 0 aliphatic heterocycles. The fraction of sp³-hybridized carbons (Fsp3) is 0.467. The first-order chi connectivity index (χ1) is 8.73. The third kappa shape index (κ3) is 4.09. The van der Waals surface area contributed by atoms with Crippen molar-refractivity contribution in [3.05, 3.63) is 35.4 Å². The average molecular weight is 263 g/mol. The molecule has 1 aromatic rings. The van der Waals surface area contributed by atoms with E-state index in [1.165, 1.54) is 0 Å². The first-order valence-electron chi connectivity index (χ1n) is 6.33. The van der Waals surface area contributed by atoms with Crippen LogP contribution in [0.4, 0.5) is 0 Å². The number of carboxylic acids is 1. The molecule has 0 unspecified atom stereocenters. The van der Waals surface area contributed by atoms with Crippen LogP contribution in [0.2, 0.25) is 0 Å². The number of carboxylic acid groups (broad SMARTS) is 1. The van der Waals surface area contributed by atoms with Gasteiger partial charge in [-0.1, -0.05) is 18.2 Å². The highest BCUT2D eigenvalue weighted by molar-refractivity contribution is 5.96. The number of carbonyl (C=O) groups excluding carboxylic acids is 1. The average Bonchev–Trinajstić information content (AvgIpc) is 2.27. The molecule has 1 amide bonds. The SMILES string of the molecule is Cc1ccccc1C(=O)N(CCC(=O)O)C(C)(C)C. The highest BCUT2D eigenvalue weighted by atomic mass is 16.4. The van der Waals surface area contributed by atoms with E-state index >= 15 is 0 Å². The zero-order chi connectivity index (χ0) is 14.6. The number of benzene rings is 1. The molecule has 4 heteroatoms. The fourth-order valence-corrected chi connectivity index (χ4v) is 1.91. The lowest BCUT2D eigenvalue weighted by Crippen LogP contribution is -2.46. The fourth-order valence-electron chi connectivity index (χ4n) is 1.91. The second-order valence-corrected chi connectivity index (χ2v) is 5.59. The number of nitrogens with zero attached hydrogens (tertiary/aromatic N) is 1. The molecule has 0 aliphatic rings. The maximum atomic E-state index is 12.6. The normalized spacial score (nSPS) is 11.2. The van der Waals surface area contributed by atoms with Gasteiger partial charge >= 0.3 is 5.97 Å². The van der Waals surface area contributed by atoms with E-state index in [1.54, 1.807) is 11.0 Å². The molecule has 0 aliphatic carbocycles. The van der Waals surface area contributed by atoms with Crippen molar-refractivity contribution >= 4 is 11.9 Å². The van der Waals surface area contributed by atoms with Crippen LogP contribution in [0.1, 0.15) is 43.1 Å². The Labute approximate surface area is 114 Å². The number of carbonyl (C=O) groups is 2. The van der Waals surface area contributed by atoms with Gasteiger partial charge in [-0.15, -0.1) is 0 Å². The molecule has 4 nitrogen and oxygen atoms in total. The minimum absolute atomic E-state index is 0.0467. The lowest BCUT2D eigenvalue weighted by molar-refractivity contribution is -0.137. The first kappa shape index (κ1) is 15.2. The molecular formula is C15H21NO3. The predicted octanol–water partition coefficient (Wildman–Crippen LogP) is 2.71. The Balaban J connectivity index is 3.02. The van der Waals surface area contributed by atoms with E-state index in [2.05, 4.69) is 0 Å². The minimum atomic E-state index is -0.896. The highest BCUT2D eigenvalue weighted by Gasteiger charge is 2.28. The van der Waals surface area contributed by atoms with Crippen LogP contribution in [-0.2, 0) is 4.79 Å². The van der Waals surface area contributed by atoms with Crippen LogP contribution in [0, 0.1) is 6.92 Å². The lowest BCUT2D eigenvalue weighted by atomic mass is 10.0. The molecule has 0 aromatic heterocycles. The summed E-state index contributed by atoms with van der Waals surface area (Å²) in [6.45, 7) is 7.82. The molecular weight excluding hydrogens is 242 g/mol. The molecule has 19 heavy (non-hydrogen) atoms. The van der Waals surface area contributed by atoms with Crippen LogP contribution in [0.25, 0.3) is 0 Å². The molecule has 1 N–H and O–H groups in total. The number of amides is 1. The molecule has 0 spiro atoms. The summed E-state index contributed by atoms with van der Waals surface area (Å²) in [7, 11) is 0. The van der Waals surface area contributed by atoms with Crippen molar-refractivity contribution in [2.75, 3.05) is 6.54 Å². The number of hydrogen-bond acceptors (Lipinski definition) is 2. The van der Waals surface area contributed by atoms with E-state index in [1.807, 2.05) is 45.9 Å². The lowest BCUT2D eigenvalue weighted by Gasteiger charge is -2.35. The van der Waals surface area contributed by atoms with Gasteiger partial charge in [0.25, 0.3) is 5.91 Å². The Bertz CT molecular complexity index is 475. The van der Waals surface area contributed by atoms with Crippen LogP contribution in [0.5, 0.6) is 0 Å². The van der Waals surface area contributed by atoms with Gasteiger partial charge in [0.15, 0.2) is 0 Å². The largest absolute Gasteiger partial charge is 0.481 e. The molecule has 0 atom stereocenters. The third-order valence-electron chi connectivity index (χ3n) is 2.98. The minimum Gasteiger partial charge on any atom is -0.481 e. The predicted molar refractivity (Wildman–Crippen MR) is 74.2 cm³/mol. The van der Waals surface area contributed by atoms with Crippen molar-refractivity contribution in [1.82, 2.24) is 4.90 Å². The van der Waals surface area contributed by atoms with E-state index in [-0.39, 0.29) is 18.9 Å². The van der Waals surface area contributed by atoms with Gasteiger partial charge in [0.2, 0.25) is 0 Å². The smallest absolute Gasteiger partial charge is 0.305 e. The van der Waals surface area contributed by atoms with Crippen molar-refractivity contribution in [3.8, 4) is 0 Å². The Kier molecular flexibility index (Phi) is 4.70. The van der Waals surface area contributed by atoms with Crippen LogP contribution in [-0.4, -0.2) is 34.0 Å². The maximum absolute atomic E-state index is 12.6. The molecule has 1 aromatic carbocycles. The van der Waals surface area contributed by atoms with Gasteiger partial charge in [-0.05, 0) is 39.3 Å². The number of aliphatic carboxylic acids is 1. The molecule has 0 saturated heterocycles. The summed E-state index contributed by atoms with van der Waals surface area (Å²) < 4.78 is 0. The van der Waals surface area contributed by atoms with E-state index in [0.29, 0.717) is 5.56 Å². The van der Waals surface area contributed by atoms with Gasteiger partial charge in [-0.2, -0.15) is 0 Å². The van der Waals surface area contributed by atoms with E-state index < -0.39 is 11.5 Å². The quantitative estimate of drug-likeness (QED) is 0.908. The Morgan fingerprint density at radius 1 is 1.21 bits per heavy atom. The molecule has 0 saturated carbocycles. The zero-order valence-corrected chi connectivity index (χ0v) is 11.9. The van der Waals surface area contributed by atoms with Gasteiger partial charge in [0.1, 0.15) is 0 Å². The van der Waals surface area contributed by atoms with Gasteiger partial charge in [0, 0.05) is 17.6 Å². The van der Waals surface area contributed by atoms with Crippen LogP contribution < -0.4 is 0 Å². The maximum Gasteiger partial charge on any atom is 0.305 e. The molecule has 0 radical (unpaired) electrons. The van der Waals surface area contributed by atoms with Crippen molar-refractivity contribution in [1.29, 1.82) is 0 Å². The second-order valence-electron chi connectivity index (χ2n) is 5.59. The van der Waals surface area contributed by atoms with Gasteiger partial charge < -0.3 is 10.0 Å². The first-order valence-corrected chi connectivity index (χ1v) is 6.33. The van der Waals surface area contributed by atoms with E-state index in [9.17, 15) is 9.59 Å². The summed E-state index contributed by atoms with van der Waals surface area (Å²) in [5.41, 5.74) is 1.12. The molecule has 104 valence electrons. The van der Waals surface area contributed by atoms with E-state index in [0.717, 1.165) is 5.56 Å². The topological polar surface area (TPSA) is 57.6 Å². The Hall–Kier alpha value is -1.84. The summed E-state index contributed by atoms with van der Waals surface area (Å²) in [4.78, 5) is 24.9. The summed E-state index contributed by atoms with van der Waals surface area (Å²) in [5.74, 6) is -1.02. The third-order valence-corrected chi connectivity index (χ3v) is 2.98. The van der Waals surface area contributed by atoms with Crippen molar-refractivity contribution < 1.29 is 14.7 Å². The van der Waals surface area contributed by atoms with Crippen LogP contribution >= 0.6 is 0 Å². The van der Waals surface area contributed by atoms with Crippen molar-refractivity contribution in [2.24, 2.45) is 0 Å². The molecule has 1 rings (SSSR count). The summed E-state index contributed by atoms with van der Waals surface area (Å²) in [6, 6.07) is 7.35. The van der Waals surface area contributed by atoms with Gasteiger partial charge in [-0.25, -0.2) is 0 Å². The van der Waals surface area contributed by atoms with E-state index in [4.69, 9.17) is 5.11 Å². The number of rotatable bonds is 4. The molecule has 0 heterocycles. The summed E-state index contributed by atoms with van der Waals surface area (Å²) in [5, 5.41) is 8.80. The Morgan fingerprint density at radius 2 is 1.79 bits per heavy atom.